The molecule has 2 N–H and O–H groups in total. The van der Waals surface area contributed by atoms with E-state index in [1.165, 1.54) is 6.07 Å². The number of hydrogen-bond acceptors (Lipinski definition) is 7. The number of amides is 1. The minimum atomic E-state index is -4.20. The summed E-state index contributed by atoms with van der Waals surface area (Å²) in [6.07, 6.45) is 2.86. The van der Waals surface area contributed by atoms with Crippen molar-refractivity contribution < 1.29 is 13.2 Å². The van der Waals surface area contributed by atoms with Crippen molar-refractivity contribution in [1.29, 1.82) is 0 Å². The van der Waals surface area contributed by atoms with Crippen LogP contribution in [0.3, 0.4) is 0 Å². The van der Waals surface area contributed by atoms with E-state index in [1.807, 2.05) is 6.07 Å². The molecule has 2 aromatic heterocycles. The Kier molecular flexibility index (Phi) is 6.84. The predicted octanol–water partition coefficient (Wildman–Crippen LogP) is 5.12. The van der Waals surface area contributed by atoms with E-state index < -0.39 is 15.9 Å². The Balaban J connectivity index is 1.86. The van der Waals surface area contributed by atoms with E-state index in [1.54, 1.807) is 18.2 Å². The smallest absolute Gasteiger partial charge is 0.281 e. The van der Waals surface area contributed by atoms with Crippen LogP contribution in [0, 0.1) is 11.3 Å². The molecule has 1 unspecified atom stereocenters. The molecule has 9 heteroatoms. The highest BCUT2D eigenvalue weighted by Gasteiger charge is 2.42. The zero-order valence-corrected chi connectivity index (χ0v) is 24.2. The van der Waals surface area contributed by atoms with Gasteiger partial charge in [-0.1, -0.05) is 47.6 Å². The SMILES string of the molecule is CC(C)(C)c1ccc2c(n1)N1C[C@@H](CCC(C(C)(C)C)Nc3cccc(n3)S(=O)(=O)NC2=O)CC1(C)C. The molecule has 202 valence electrons. The molecule has 2 aliphatic heterocycles. The topological polar surface area (TPSA) is 104 Å². The van der Waals surface area contributed by atoms with Gasteiger partial charge in [-0.25, -0.2) is 14.7 Å². The fourth-order valence-electron chi connectivity index (χ4n) is 5.38. The van der Waals surface area contributed by atoms with Crippen LogP contribution in [-0.4, -0.2) is 42.4 Å². The van der Waals surface area contributed by atoms with Crippen molar-refractivity contribution in [2.75, 3.05) is 16.8 Å². The predicted molar refractivity (Wildman–Crippen MR) is 147 cm³/mol. The van der Waals surface area contributed by atoms with Crippen LogP contribution >= 0.6 is 0 Å². The second kappa shape index (κ2) is 9.26. The molecule has 37 heavy (non-hydrogen) atoms. The van der Waals surface area contributed by atoms with Gasteiger partial charge in [0.2, 0.25) is 0 Å². The minimum absolute atomic E-state index is 0.0672. The van der Waals surface area contributed by atoms with Gasteiger partial charge in [-0.15, -0.1) is 0 Å². The van der Waals surface area contributed by atoms with Gasteiger partial charge >= 0.3 is 0 Å². The van der Waals surface area contributed by atoms with Crippen molar-refractivity contribution in [1.82, 2.24) is 14.7 Å². The van der Waals surface area contributed by atoms with Gasteiger partial charge in [-0.3, -0.25) is 4.79 Å². The van der Waals surface area contributed by atoms with Gasteiger partial charge in [0.15, 0.2) is 5.03 Å². The third-order valence-corrected chi connectivity index (χ3v) is 8.79. The van der Waals surface area contributed by atoms with Gasteiger partial charge < -0.3 is 10.2 Å². The van der Waals surface area contributed by atoms with Crippen LogP contribution in [0.15, 0.2) is 35.4 Å². The number of pyridine rings is 2. The zero-order chi connectivity index (χ0) is 27.4. The first kappa shape index (κ1) is 27.4. The molecule has 0 aliphatic carbocycles. The summed E-state index contributed by atoms with van der Waals surface area (Å²) in [6, 6.07) is 8.43. The second-order valence-corrected chi connectivity index (χ2v) is 14.9. The van der Waals surface area contributed by atoms with Crippen molar-refractivity contribution in [3.8, 4) is 0 Å². The number of sulfonamides is 1. The minimum Gasteiger partial charge on any atom is -0.367 e. The zero-order valence-electron chi connectivity index (χ0n) is 23.3. The summed E-state index contributed by atoms with van der Waals surface area (Å²) >= 11 is 0. The Labute approximate surface area is 221 Å². The molecule has 8 nitrogen and oxygen atoms in total. The normalized spacial score (nSPS) is 23.8. The Hall–Kier alpha value is -2.68. The molecular weight excluding hydrogens is 486 g/mol. The number of anilines is 2. The lowest BCUT2D eigenvalue weighted by Crippen LogP contribution is -2.41. The van der Waals surface area contributed by atoms with Gasteiger partial charge in [-0.2, -0.15) is 8.42 Å². The molecule has 0 radical (unpaired) electrons. The molecule has 1 amide bonds. The van der Waals surface area contributed by atoms with Crippen LogP contribution in [0.2, 0.25) is 0 Å². The lowest BCUT2D eigenvalue weighted by atomic mass is 9.81. The fourth-order valence-corrected chi connectivity index (χ4v) is 6.31. The van der Waals surface area contributed by atoms with Crippen LogP contribution in [0.25, 0.3) is 0 Å². The molecule has 4 bridgehead atoms. The number of hydrogen-bond donors (Lipinski definition) is 2. The number of carbonyl (C=O) groups excluding carboxylic acids is 1. The lowest BCUT2D eigenvalue weighted by Gasteiger charge is -2.34. The number of rotatable bonds is 0. The quantitative estimate of drug-likeness (QED) is 0.490. The van der Waals surface area contributed by atoms with Crippen LogP contribution in [0.4, 0.5) is 11.6 Å². The first-order valence-electron chi connectivity index (χ1n) is 13.1. The van der Waals surface area contributed by atoms with Crippen molar-refractivity contribution in [3.63, 3.8) is 0 Å². The van der Waals surface area contributed by atoms with Gasteiger partial charge in [0.25, 0.3) is 15.9 Å². The van der Waals surface area contributed by atoms with E-state index >= 15 is 0 Å². The molecular formula is C28H41N5O3S. The molecule has 1 saturated heterocycles. The summed E-state index contributed by atoms with van der Waals surface area (Å²) < 4.78 is 28.8. The highest BCUT2D eigenvalue weighted by molar-refractivity contribution is 7.90. The number of aromatic nitrogens is 2. The molecule has 0 aromatic carbocycles. The van der Waals surface area contributed by atoms with Crippen molar-refractivity contribution in [2.45, 2.75) is 96.7 Å². The summed E-state index contributed by atoms with van der Waals surface area (Å²) in [5.74, 6) is 0.723. The third kappa shape index (κ3) is 5.76. The maximum Gasteiger partial charge on any atom is 0.281 e. The lowest BCUT2D eigenvalue weighted by molar-refractivity contribution is 0.0981. The molecule has 2 aromatic rings. The first-order valence-corrected chi connectivity index (χ1v) is 14.6. The maximum atomic E-state index is 13.5. The van der Waals surface area contributed by atoms with Gasteiger partial charge in [0.1, 0.15) is 11.6 Å². The summed E-state index contributed by atoms with van der Waals surface area (Å²) in [4.78, 5) is 25.0. The second-order valence-electron chi connectivity index (χ2n) is 13.2. The average molecular weight is 528 g/mol. The van der Waals surface area contributed by atoms with E-state index in [4.69, 9.17) is 4.98 Å². The summed E-state index contributed by atoms with van der Waals surface area (Å²) in [6.45, 7) is 17.9. The summed E-state index contributed by atoms with van der Waals surface area (Å²) in [5.41, 5.74) is 0.568. The third-order valence-electron chi connectivity index (χ3n) is 7.56. The van der Waals surface area contributed by atoms with Gasteiger partial charge in [-0.05, 0) is 68.7 Å². The van der Waals surface area contributed by atoms with Crippen LogP contribution in [-0.2, 0) is 15.4 Å². The fraction of sp³-hybridized carbons (Fsp3) is 0.607. The van der Waals surface area contributed by atoms with E-state index in [9.17, 15) is 13.2 Å². The molecule has 4 heterocycles. The maximum absolute atomic E-state index is 13.5. The highest BCUT2D eigenvalue weighted by Crippen LogP contribution is 2.41. The highest BCUT2D eigenvalue weighted by atomic mass is 32.2. The van der Waals surface area contributed by atoms with Crippen molar-refractivity contribution in [3.05, 3.63) is 41.6 Å². The van der Waals surface area contributed by atoms with Gasteiger partial charge in [0, 0.05) is 29.2 Å². The number of nitrogens with one attached hydrogen (secondary N) is 2. The van der Waals surface area contributed by atoms with Crippen LogP contribution in [0.5, 0.6) is 0 Å². The Bertz CT molecular complexity index is 1290. The van der Waals surface area contributed by atoms with Gasteiger partial charge in [0.05, 0.1) is 5.56 Å². The van der Waals surface area contributed by atoms with Crippen molar-refractivity contribution >= 4 is 27.6 Å². The van der Waals surface area contributed by atoms with E-state index in [0.717, 1.165) is 31.5 Å². The monoisotopic (exact) mass is 527 g/mol. The Morgan fingerprint density at radius 2 is 1.70 bits per heavy atom. The molecule has 2 aliphatic rings. The number of carbonyl (C=O) groups is 1. The van der Waals surface area contributed by atoms with E-state index in [0.29, 0.717) is 17.6 Å². The van der Waals surface area contributed by atoms with Crippen molar-refractivity contribution in [2.24, 2.45) is 11.3 Å². The van der Waals surface area contributed by atoms with E-state index in [-0.39, 0.29) is 33.0 Å². The standard InChI is InChI=1S/C28H41N5O3S/c1-26(2,3)20-14-12-18-16-28(7,8)33(17-18)24-19(13-15-21(30-24)27(4,5)6)25(34)32-37(35,36)23-11-9-10-22(29-20)31-23/h9-11,13,15,18,20H,12,14,16-17H2,1-8H3,(H,29,31)(H,32,34)/t18-,20?/m0/s1. The molecule has 1 fully saturated rings. The van der Waals surface area contributed by atoms with Crippen LogP contribution in [0.1, 0.15) is 90.7 Å². The molecule has 0 spiro atoms. The van der Waals surface area contributed by atoms with Crippen LogP contribution < -0.4 is 14.9 Å². The summed E-state index contributed by atoms with van der Waals surface area (Å²) in [7, 11) is -4.20. The largest absolute Gasteiger partial charge is 0.367 e. The molecule has 2 atom stereocenters. The number of nitrogens with zero attached hydrogens (tertiary/aromatic N) is 3. The Morgan fingerprint density at radius 1 is 1.00 bits per heavy atom. The first-order chi connectivity index (χ1) is 17.0. The van der Waals surface area contributed by atoms with E-state index in [2.05, 4.69) is 75.3 Å². The average Bonchev–Trinajstić information content (AvgIpc) is 3.08. The Morgan fingerprint density at radius 3 is 2.35 bits per heavy atom. The number of fused-ring (bicyclic) bond motifs is 6. The molecule has 0 saturated carbocycles. The molecule has 4 rings (SSSR count). The summed E-state index contributed by atoms with van der Waals surface area (Å²) in [5, 5.41) is 3.29.